The molecule has 0 fully saturated rings. The molecule has 3 nitrogen and oxygen atoms in total. The Labute approximate surface area is 76.4 Å². The zero-order valence-corrected chi connectivity index (χ0v) is 7.28. The number of aromatic nitrogens is 1. The maximum absolute atomic E-state index is 11.1. The van der Waals surface area contributed by atoms with Gasteiger partial charge < -0.3 is 4.57 Å². The van der Waals surface area contributed by atoms with Crippen LogP contribution in [-0.4, -0.2) is 16.6 Å². The summed E-state index contributed by atoms with van der Waals surface area (Å²) >= 11 is 0. The summed E-state index contributed by atoms with van der Waals surface area (Å²) in [5, 5.41) is 0. The van der Waals surface area contributed by atoms with Gasteiger partial charge in [-0.3, -0.25) is 9.59 Å². The van der Waals surface area contributed by atoms with E-state index in [1.165, 1.54) is 13.0 Å². The van der Waals surface area contributed by atoms with E-state index in [4.69, 9.17) is 6.42 Å². The second-order valence-electron chi connectivity index (χ2n) is 2.66. The Bertz CT molecular complexity index is 382. The van der Waals surface area contributed by atoms with Crippen molar-refractivity contribution in [2.24, 2.45) is 0 Å². The fourth-order valence-corrected chi connectivity index (χ4v) is 1.13. The number of Topliss-reactive ketones (excluding diaryl/α,β-unsaturated/α-hetero) is 1. The molecule has 1 heterocycles. The number of carbonyl (C=O) groups is 2. The van der Waals surface area contributed by atoms with Gasteiger partial charge in [0, 0.05) is 18.7 Å². The first-order valence-electron chi connectivity index (χ1n) is 3.78. The van der Waals surface area contributed by atoms with Gasteiger partial charge in [0.25, 0.3) is 0 Å². The van der Waals surface area contributed by atoms with Crippen LogP contribution in [0.5, 0.6) is 0 Å². The van der Waals surface area contributed by atoms with Crippen LogP contribution in [0.1, 0.15) is 27.8 Å². The molecule has 1 rings (SSSR count). The largest absolute Gasteiger partial charge is 0.333 e. The van der Waals surface area contributed by atoms with Gasteiger partial charge >= 0.3 is 0 Å². The minimum Gasteiger partial charge on any atom is -0.333 e. The second-order valence-corrected chi connectivity index (χ2v) is 2.66. The first-order valence-corrected chi connectivity index (χ1v) is 3.78. The molecule has 3 heteroatoms. The molecule has 1 aromatic rings. The molecule has 0 saturated carbocycles. The number of rotatable bonds is 3. The average Bonchev–Trinajstić information content (AvgIpc) is 2.48. The molecule has 0 saturated heterocycles. The van der Waals surface area contributed by atoms with Gasteiger partial charge in [0.15, 0.2) is 12.1 Å². The van der Waals surface area contributed by atoms with Gasteiger partial charge in [0.2, 0.25) is 0 Å². The fraction of sp³-hybridized carbons (Fsp3) is 0.200. The van der Waals surface area contributed by atoms with Crippen LogP contribution < -0.4 is 0 Å². The topological polar surface area (TPSA) is 39.1 Å². The molecule has 0 aliphatic rings. The van der Waals surface area contributed by atoms with Crippen molar-refractivity contribution in [3.63, 3.8) is 0 Å². The van der Waals surface area contributed by atoms with E-state index < -0.39 is 0 Å². The molecule has 66 valence electrons. The summed E-state index contributed by atoms with van der Waals surface area (Å²) in [6.07, 6.45) is 7.38. The highest BCUT2D eigenvalue weighted by atomic mass is 16.1. The lowest BCUT2D eigenvalue weighted by Crippen LogP contribution is -2.03. The number of terminal acetylenes is 1. The van der Waals surface area contributed by atoms with Crippen LogP contribution in [0.15, 0.2) is 12.3 Å². The third-order valence-electron chi connectivity index (χ3n) is 1.68. The van der Waals surface area contributed by atoms with Gasteiger partial charge in [-0.1, -0.05) is 5.92 Å². The first-order chi connectivity index (χ1) is 6.19. The van der Waals surface area contributed by atoms with Crippen LogP contribution in [0.25, 0.3) is 0 Å². The van der Waals surface area contributed by atoms with Gasteiger partial charge in [-0.15, -0.1) is 6.42 Å². The summed E-state index contributed by atoms with van der Waals surface area (Å²) in [5.41, 5.74) is 0.945. The Kier molecular flexibility index (Phi) is 2.65. The minimum absolute atomic E-state index is 0.0941. The maximum atomic E-state index is 11.1. The quantitative estimate of drug-likeness (QED) is 0.392. The van der Waals surface area contributed by atoms with Crippen LogP contribution >= 0.6 is 0 Å². The third kappa shape index (κ3) is 1.85. The zero-order chi connectivity index (χ0) is 9.84. The normalized spacial score (nSPS) is 9.23. The SMILES string of the molecule is C#CCn1cc(C=O)cc1C(C)=O. The van der Waals surface area contributed by atoms with E-state index in [2.05, 4.69) is 5.92 Å². The Morgan fingerprint density at radius 3 is 2.92 bits per heavy atom. The van der Waals surface area contributed by atoms with Crippen LogP contribution in [0, 0.1) is 12.3 Å². The van der Waals surface area contributed by atoms with Gasteiger partial charge in [0.1, 0.15) is 0 Å². The van der Waals surface area contributed by atoms with Crippen LogP contribution in [-0.2, 0) is 6.54 Å². The van der Waals surface area contributed by atoms with E-state index in [0.717, 1.165) is 0 Å². The van der Waals surface area contributed by atoms with Crippen molar-refractivity contribution in [2.45, 2.75) is 13.5 Å². The molecule has 0 N–H and O–H groups in total. The monoisotopic (exact) mass is 175 g/mol. The first kappa shape index (κ1) is 9.27. The summed E-state index contributed by atoms with van der Waals surface area (Å²) in [5.74, 6) is 2.32. The van der Waals surface area contributed by atoms with Crippen molar-refractivity contribution < 1.29 is 9.59 Å². The molecule has 0 bridgehead atoms. The average molecular weight is 175 g/mol. The fourth-order valence-electron chi connectivity index (χ4n) is 1.13. The Balaban J connectivity index is 3.16. The van der Waals surface area contributed by atoms with Crippen molar-refractivity contribution in [1.29, 1.82) is 0 Å². The number of hydrogen-bond donors (Lipinski definition) is 0. The van der Waals surface area contributed by atoms with Gasteiger partial charge in [-0.2, -0.15) is 0 Å². The molecule has 0 unspecified atom stereocenters. The van der Waals surface area contributed by atoms with Crippen LogP contribution in [0.4, 0.5) is 0 Å². The standard InChI is InChI=1S/C10H9NO2/c1-3-4-11-6-9(7-12)5-10(11)8(2)13/h1,5-7H,4H2,2H3. The summed E-state index contributed by atoms with van der Waals surface area (Å²) in [6.45, 7) is 1.75. The molecule has 0 spiro atoms. The zero-order valence-electron chi connectivity index (χ0n) is 7.28. The predicted molar refractivity (Wildman–Crippen MR) is 48.7 cm³/mol. The van der Waals surface area contributed by atoms with Gasteiger partial charge in [-0.25, -0.2) is 0 Å². The summed E-state index contributed by atoms with van der Waals surface area (Å²) in [6, 6.07) is 1.53. The molecular weight excluding hydrogens is 166 g/mol. The lowest BCUT2D eigenvalue weighted by atomic mass is 10.3. The Hall–Kier alpha value is -1.82. The summed E-state index contributed by atoms with van der Waals surface area (Å²) < 4.78 is 1.59. The van der Waals surface area contributed by atoms with E-state index in [-0.39, 0.29) is 5.78 Å². The van der Waals surface area contributed by atoms with Crippen LogP contribution in [0.3, 0.4) is 0 Å². The molecule has 0 radical (unpaired) electrons. The number of ketones is 1. The smallest absolute Gasteiger partial charge is 0.176 e. The lowest BCUT2D eigenvalue weighted by molar-refractivity contribution is 0.100. The maximum Gasteiger partial charge on any atom is 0.176 e. The molecule has 13 heavy (non-hydrogen) atoms. The van der Waals surface area contributed by atoms with E-state index >= 15 is 0 Å². The number of hydrogen-bond acceptors (Lipinski definition) is 2. The Morgan fingerprint density at radius 2 is 2.46 bits per heavy atom. The third-order valence-corrected chi connectivity index (χ3v) is 1.68. The molecule has 0 aliphatic heterocycles. The predicted octanol–water partition coefficient (Wildman–Crippen LogP) is 1.14. The highest BCUT2D eigenvalue weighted by Crippen LogP contribution is 2.07. The molecule has 1 aromatic heterocycles. The molecule has 0 amide bonds. The highest BCUT2D eigenvalue weighted by Gasteiger charge is 2.07. The van der Waals surface area contributed by atoms with E-state index in [1.54, 1.807) is 10.8 Å². The van der Waals surface area contributed by atoms with E-state index in [9.17, 15) is 9.59 Å². The summed E-state index contributed by atoms with van der Waals surface area (Å²) in [7, 11) is 0. The van der Waals surface area contributed by atoms with Crippen LogP contribution in [0.2, 0.25) is 0 Å². The molecule has 0 aromatic carbocycles. The van der Waals surface area contributed by atoms with E-state index in [0.29, 0.717) is 24.1 Å². The summed E-state index contributed by atoms with van der Waals surface area (Å²) in [4.78, 5) is 21.5. The minimum atomic E-state index is -0.0941. The van der Waals surface area contributed by atoms with Crippen molar-refractivity contribution in [2.75, 3.05) is 0 Å². The second kappa shape index (κ2) is 3.72. The highest BCUT2D eigenvalue weighted by molar-refractivity contribution is 5.94. The molecule has 0 atom stereocenters. The molecular formula is C10H9NO2. The van der Waals surface area contributed by atoms with Gasteiger partial charge in [-0.05, 0) is 6.07 Å². The Morgan fingerprint density at radius 1 is 1.77 bits per heavy atom. The molecule has 0 aliphatic carbocycles. The number of aldehydes is 1. The van der Waals surface area contributed by atoms with Crippen molar-refractivity contribution in [3.8, 4) is 12.3 Å². The van der Waals surface area contributed by atoms with Crippen molar-refractivity contribution in [1.82, 2.24) is 4.57 Å². The van der Waals surface area contributed by atoms with Crippen molar-refractivity contribution >= 4 is 12.1 Å². The van der Waals surface area contributed by atoms with Gasteiger partial charge in [0.05, 0.1) is 12.2 Å². The van der Waals surface area contributed by atoms with E-state index in [1.807, 2.05) is 0 Å². The van der Waals surface area contributed by atoms with Crippen molar-refractivity contribution in [3.05, 3.63) is 23.5 Å². The lowest BCUT2D eigenvalue weighted by Gasteiger charge is -1.99. The number of carbonyl (C=O) groups excluding carboxylic acids is 2. The number of nitrogens with zero attached hydrogens (tertiary/aromatic N) is 1.